The Morgan fingerprint density at radius 3 is 2.55 bits per heavy atom. The highest BCUT2D eigenvalue weighted by molar-refractivity contribution is 5.81. The Balaban J connectivity index is 3.45. The van der Waals surface area contributed by atoms with Crippen LogP contribution in [0.2, 0.25) is 0 Å². The average molecular weight is 155 g/mol. The molecule has 0 saturated heterocycles. The molecule has 0 aromatic heterocycles. The van der Waals surface area contributed by atoms with Crippen molar-refractivity contribution in [2.24, 2.45) is 5.92 Å². The summed E-state index contributed by atoms with van der Waals surface area (Å²) in [7, 11) is 1.88. The standard InChI is InChI=1S/C9H17NO/c1-8(2)9(11)6-4-5-7-10-3/h4-5,8,10H,6-7H2,1-3H3/b5-4+. The highest BCUT2D eigenvalue weighted by Crippen LogP contribution is 1.98. The third kappa shape index (κ3) is 5.80. The van der Waals surface area contributed by atoms with E-state index >= 15 is 0 Å². The zero-order valence-electron chi connectivity index (χ0n) is 7.55. The van der Waals surface area contributed by atoms with Gasteiger partial charge in [-0.2, -0.15) is 0 Å². The topological polar surface area (TPSA) is 29.1 Å². The first-order valence-electron chi connectivity index (χ1n) is 4.00. The predicted molar refractivity (Wildman–Crippen MR) is 47.5 cm³/mol. The smallest absolute Gasteiger partial charge is 0.139 e. The van der Waals surface area contributed by atoms with Crippen LogP contribution in [0.1, 0.15) is 20.3 Å². The molecule has 11 heavy (non-hydrogen) atoms. The summed E-state index contributed by atoms with van der Waals surface area (Å²) in [4.78, 5) is 11.0. The molecule has 0 unspecified atom stereocenters. The minimum atomic E-state index is 0.161. The van der Waals surface area contributed by atoms with E-state index in [0.717, 1.165) is 6.54 Å². The Bertz CT molecular complexity index is 138. The van der Waals surface area contributed by atoms with Gasteiger partial charge in [0.25, 0.3) is 0 Å². The fraction of sp³-hybridized carbons (Fsp3) is 0.667. The SMILES string of the molecule is CNC/C=C/CC(=O)C(C)C. The van der Waals surface area contributed by atoms with Crippen LogP contribution in [0.25, 0.3) is 0 Å². The van der Waals surface area contributed by atoms with E-state index in [0.29, 0.717) is 12.2 Å². The fourth-order valence-corrected chi connectivity index (χ4v) is 0.636. The second-order valence-electron chi connectivity index (χ2n) is 2.85. The molecular weight excluding hydrogens is 138 g/mol. The van der Waals surface area contributed by atoms with Gasteiger partial charge in [-0.05, 0) is 7.05 Å². The molecule has 0 aromatic carbocycles. The number of carbonyl (C=O) groups excluding carboxylic acids is 1. The van der Waals surface area contributed by atoms with E-state index in [4.69, 9.17) is 0 Å². The van der Waals surface area contributed by atoms with E-state index in [1.54, 1.807) is 0 Å². The summed E-state index contributed by atoms with van der Waals surface area (Å²) in [5.74, 6) is 0.464. The maximum absolute atomic E-state index is 11.0. The van der Waals surface area contributed by atoms with E-state index in [9.17, 15) is 4.79 Å². The first-order valence-corrected chi connectivity index (χ1v) is 4.00. The molecule has 2 heteroatoms. The molecule has 0 spiro atoms. The van der Waals surface area contributed by atoms with Crippen molar-refractivity contribution in [3.63, 3.8) is 0 Å². The van der Waals surface area contributed by atoms with Gasteiger partial charge < -0.3 is 5.32 Å². The molecule has 0 fully saturated rings. The van der Waals surface area contributed by atoms with Crippen molar-refractivity contribution in [2.45, 2.75) is 20.3 Å². The van der Waals surface area contributed by atoms with Gasteiger partial charge in [-0.3, -0.25) is 4.79 Å². The van der Waals surface area contributed by atoms with Crippen LogP contribution in [0.4, 0.5) is 0 Å². The molecule has 0 aromatic rings. The highest BCUT2D eigenvalue weighted by Gasteiger charge is 2.02. The maximum atomic E-state index is 11.0. The molecule has 2 nitrogen and oxygen atoms in total. The monoisotopic (exact) mass is 155 g/mol. The van der Waals surface area contributed by atoms with Crippen molar-refractivity contribution < 1.29 is 4.79 Å². The molecular formula is C9H17NO. The van der Waals surface area contributed by atoms with Gasteiger partial charge in [-0.15, -0.1) is 0 Å². The first kappa shape index (κ1) is 10.4. The molecule has 0 aliphatic carbocycles. The van der Waals surface area contributed by atoms with Crippen molar-refractivity contribution in [2.75, 3.05) is 13.6 Å². The minimum absolute atomic E-state index is 0.161. The molecule has 0 aliphatic rings. The molecule has 0 amide bonds. The molecule has 0 saturated carbocycles. The Kier molecular flexibility index (Phi) is 5.75. The number of likely N-dealkylation sites (N-methyl/N-ethyl adjacent to an activating group) is 1. The third-order valence-corrected chi connectivity index (χ3v) is 1.45. The van der Waals surface area contributed by atoms with Gasteiger partial charge in [0.05, 0.1) is 0 Å². The fourth-order valence-electron chi connectivity index (χ4n) is 0.636. The highest BCUT2D eigenvalue weighted by atomic mass is 16.1. The Morgan fingerprint density at radius 1 is 1.45 bits per heavy atom. The second kappa shape index (κ2) is 6.10. The lowest BCUT2D eigenvalue weighted by Gasteiger charge is -1.98. The van der Waals surface area contributed by atoms with Gasteiger partial charge in [0.15, 0.2) is 0 Å². The average Bonchev–Trinajstić information content (AvgIpc) is 1.97. The van der Waals surface area contributed by atoms with E-state index in [1.807, 2.05) is 33.0 Å². The van der Waals surface area contributed by atoms with Gasteiger partial charge in [0.1, 0.15) is 5.78 Å². The predicted octanol–water partition coefficient (Wildman–Crippen LogP) is 1.38. The number of allylic oxidation sites excluding steroid dienone is 1. The zero-order valence-corrected chi connectivity index (χ0v) is 7.55. The number of nitrogens with one attached hydrogen (secondary N) is 1. The van der Waals surface area contributed by atoms with Gasteiger partial charge in [0, 0.05) is 18.9 Å². The van der Waals surface area contributed by atoms with Gasteiger partial charge >= 0.3 is 0 Å². The van der Waals surface area contributed by atoms with Crippen molar-refractivity contribution in [1.29, 1.82) is 0 Å². The summed E-state index contributed by atoms with van der Waals surface area (Å²) in [6.07, 6.45) is 4.46. The van der Waals surface area contributed by atoms with Crippen LogP contribution < -0.4 is 5.32 Å². The third-order valence-electron chi connectivity index (χ3n) is 1.45. The summed E-state index contributed by atoms with van der Waals surface area (Å²) < 4.78 is 0. The molecule has 0 atom stereocenters. The normalized spacial score (nSPS) is 11.3. The van der Waals surface area contributed by atoms with Crippen LogP contribution in [-0.2, 0) is 4.79 Å². The lowest BCUT2D eigenvalue weighted by Crippen LogP contribution is -2.06. The number of Topliss-reactive ketones (excluding diaryl/α,β-unsaturated/α-hetero) is 1. The lowest BCUT2D eigenvalue weighted by atomic mass is 10.1. The first-order chi connectivity index (χ1) is 5.18. The van der Waals surface area contributed by atoms with Crippen LogP contribution >= 0.6 is 0 Å². The number of rotatable bonds is 5. The summed E-state index contributed by atoms with van der Waals surface area (Å²) in [6.45, 7) is 4.69. The van der Waals surface area contributed by atoms with Crippen LogP contribution in [0.15, 0.2) is 12.2 Å². The molecule has 0 aliphatic heterocycles. The largest absolute Gasteiger partial charge is 0.316 e. The quantitative estimate of drug-likeness (QED) is 0.608. The zero-order chi connectivity index (χ0) is 8.69. The minimum Gasteiger partial charge on any atom is -0.316 e. The van der Waals surface area contributed by atoms with E-state index in [1.165, 1.54) is 0 Å². The van der Waals surface area contributed by atoms with Crippen molar-refractivity contribution in [3.05, 3.63) is 12.2 Å². The molecule has 1 N–H and O–H groups in total. The second-order valence-corrected chi connectivity index (χ2v) is 2.85. The number of carbonyl (C=O) groups is 1. The molecule has 64 valence electrons. The number of ketones is 1. The summed E-state index contributed by atoms with van der Waals surface area (Å²) in [5.41, 5.74) is 0. The van der Waals surface area contributed by atoms with E-state index in [-0.39, 0.29) is 5.92 Å². The summed E-state index contributed by atoms with van der Waals surface area (Å²) in [6, 6.07) is 0. The maximum Gasteiger partial charge on any atom is 0.139 e. The Hall–Kier alpha value is -0.630. The van der Waals surface area contributed by atoms with Crippen LogP contribution in [0.3, 0.4) is 0 Å². The van der Waals surface area contributed by atoms with Crippen LogP contribution in [-0.4, -0.2) is 19.4 Å². The Labute approximate surface area is 68.7 Å². The summed E-state index contributed by atoms with van der Waals surface area (Å²) in [5, 5.41) is 2.97. The molecule has 0 radical (unpaired) electrons. The molecule has 0 bridgehead atoms. The van der Waals surface area contributed by atoms with Gasteiger partial charge in [-0.1, -0.05) is 26.0 Å². The van der Waals surface area contributed by atoms with Crippen LogP contribution in [0, 0.1) is 5.92 Å². The van der Waals surface area contributed by atoms with Gasteiger partial charge in [-0.25, -0.2) is 0 Å². The van der Waals surface area contributed by atoms with Crippen molar-refractivity contribution in [3.8, 4) is 0 Å². The Morgan fingerprint density at radius 2 is 2.09 bits per heavy atom. The number of hydrogen-bond donors (Lipinski definition) is 1. The van der Waals surface area contributed by atoms with E-state index in [2.05, 4.69) is 5.32 Å². The van der Waals surface area contributed by atoms with Crippen LogP contribution in [0.5, 0.6) is 0 Å². The number of hydrogen-bond acceptors (Lipinski definition) is 2. The lowest BCUT2D eigenvalue weighted by molar-refractivity contribution is -0.121. The molecule has 0 heterocycles. The van der Waals surface area contributed by atoms with Crippen molar-refractivity contribution in [1.82, 2.24) is 5.32 Å². The van der Waals surface area contributed by atoms with Gasteiger partial charge in [0.2, 0.25) is 0 Å². The molecule has 0 rings (SSSR count). The van der Waals surface area contributed by atoms with Crippen molar-refractivity contribution >= 4 is 5.78 Å². The van der Waals surface area contributed by atoms with E-state index < -0.39 is 0 Å². The summed E-state index contributed by atoms with van der Waals surface area (Å²) >= 11 is 0.